The van der Waals surface area contributed by atoms with Crippen molar-refractivity contribution in [2.24, 2.45) is 5.92 Å². The normalized spacial score (nSPS) is 11.3. The number of aromatic nitrogens is 3. The van der Waals surface area contributed by atoms with Crippen LogP contribution in [0.1, 0.15) is 26.7 Å². The van der Waals surface area contributed by atoms with Gasteiger partial charge < -0.3 is 9.72 Å². The number of imidazole rings is 1. The quantitative estimate of drug-likeness (QED) is 0.861. The third-order valence-corrected chi connectivity index (χ3v) is 2.98. The van der Waals surface area contributed by atoms with Crippen LogP contribution in [0.25, 0.3) is 5.65 Å². The zero-order chi connectivity index (χ0) is 12.3. The van der Waals surface area contributed by atoms with E-state index in [0.29, 0.717) is 0 Å². The topological polar surface area (TPSA) is 42.2 Å². The van der Waals surface area contributed by atoms with Crippen LogP contribution in [0.4, 0.5) is 5.82 Å². The number of hydrogen-bond donors (Lipinski definition) is 1. The summed E-state index contributed by atoms with van der Waals surface area (Å²) in [6.07, 6.45) is 7.98. The first-order valence-corrected chi connectivity index (χ1v) is 6.69. The summed E-state index contributed by atoms with van der Waals surface area (Å²) in [5, 5.41) is 3.35. The average Bonchev–Trinajstić information content (AvgIpc) is 2.71. The van der Waals surface area contributed by atoms with Gasteiger partial charge in [-0.3, -0.25) is 0 Å². The van der Waals surface area contributed by atoms with Gasteiger partial charge in [0.05, 0.1) is 0 Å². The Labute approximate surface area is 110 Å². The van der Waals surface area contributed by atoms with Crippen LogP contribution >= 0.6 is 15.9 Å². The van der Waals surface area contributed by atoms with Gasteiger partial charge in [0.15, 0.2) is 11.5 Å². The molecule has 0 aromatic carbocycles. The maximum Gasteiger partial charge on any atom is 0.180 e. The molecule has 1 N–H and O–H groups in total. The summed E-state index contributed by atoms with van der Waals surface area (Å²) in [4.78, 5) is 8.70. The van der Waals surface area contributed by atoms with E-state index in [1.54, 1.807) is 6.20 Å². The molecule has 0 saturated heterocycles. The third-order valence-electron chi connectivity index (χ3n) is 2.60. The van der Waals surface area contributed by atoms with E-state index in [-0.39, 0.29) is 0 Å². The standard InChI is InChI=1S/C12H17BrN4/c1-9(2)4-3-5-14-11-12-15-6-7-17(12)8-10(13)16-11/h6-9H,3-5H2,1-2H3,(H,14,16). The number of hydrogen-bond acceptors (Lipinski definition) is 3. The maximum atomic E-state index is 4.41. The van der Waals surface area contributed by atoms with Gasteiger partial charge in [-0.25, -0.2) is 9.97 Å². The Morgan fingerprint density at radius 1 is 1.47 bits per heavy atom. The van der Waals surface area contributed by atoms with Gasteiger partial charge in [0.2, 0.25) is 0 Å². The van der Waals surface area contributed by atoms with Crippen LogP contribution in [0.5, 0.6) is 0 Å². The summed E-state index contributed by atoms with van der Waals surface area (Å²) in [7, 11) is 0. The molecule has 0 unspecified atom stereocenters. The second kappa shape index (κ2) is 5.49. The van der Waals surface area contributed by atoms with Crippen LogP contribution in [0.3, 0.4) is 0 Å². The fraction of sp³-hybridized carbons (Fsp3) is 0.500. The highest BCUT2D eigenvalue weighted by Gasteiger charge is 2.05. The molecule has 0 bridgehead atoms. The largest absolute Gasteiger partial charge is 0.367 e. The molecule has 0 saturated carbocycles. The van der Waals surface area contributed by atoms with E-state index in [9.17, 15) is 0 Å². The van der Waals surface area contributed by atoms with Gasteiger partial charge in [-0.2, -0.15) is 0 Å². The monoisotopic (exact) mass is 296 g/mol. The van der Waals surface area contributed by atoms with Gasteiger partial charge in [0, 0.05) is 25.1 Å². The Hall–Kier alpha value is -1.10. The summed E-state index contributed by atoms with van der Waals surface area (Å²) >= 11 is 3.40. The van der Waals surface area contributed by atoms with Crippen LogP contribution in [-0.2, 0) is 0 Å². The smallest absolute Gasteiger partial charge is 0.180 e. The van der Waals surface area contributed by atoms with Crippen LogP contribution in [0.15, 0.2) is 23.2 Å². The molecular formula is C12H17BrN4. The lowest BCUT2D eigenvalue weighted by molar-refractivity contribution is 0.566. The third kappa shape index (κ3) is 3.19. The Bertz CT molecular complexity index is 492. The maximum absolute atomic E-state index is 4.41. The fourth-order valence-corrected chi connectivity index (χ4v) is 2.13. The van der Waals surface area contributed by atoms with E-state index in [1.807, 2.05) is 16.8 Å². The molecule has 17 heavy (non-hydrogen) atoms. The molecular weight excluding hydrogens is 280 g/mol. The van der Waals surface area contributed by atoms with Crippen molar-refractivity contribution in [2.45, 2.75) is 26.7 Å². The molecule has 4 nitrogen and oxygen atoms in total. The molecule has 0 aliphatic heterocycles. The van der Waals surface area contributed by atoms with Gasteiger partial charge in [-0.15, -0.1) is 0 Å². The molecule has 0 fully saturated rings. The molecule has 2 aromatic heterocycles. The predicted octanol–water partition coefficient (Wildman–Crippen LogP) is 3.34. The van der Waals surface area contributed by atoms with Crippen LogP contribution in [0.2, 0.25) is 0 Å². The van der Waals surface area contributed by atoms with Crippen molar-refractivity contribution in [3.8, 4) is 0 Å². The molecule has 2 aromatic rings. The number of anilines is 1. The minimum Gasteiger partial charge on any atom is -0.367 e. The second-order valence-corrected chi connectivity index (χ2v) is 5.35. The van der Waals surface area contributed by atoms with E-state index in [4.69, 9.17) is 0 Å². The zero-order valence-corrected chi connectivity index (χ0v) is 11.7. The van der Waals surface area contributed by atoms with E-state index in [2.05, 4.69) is 45.1 Å². The van der Waals surface area contributed by atoms with Crippen molar-refractivity contribution in [3.63, 3.8) is 0 Å². The summed E-state index contributed by atoms with van der Waals surface area (Å²) in [6.45, 7) is 5.42. The van der Waals surface area contributed by atoms with Crippen LogP contribution < -0.4 is 5.32 Å². The number of fused-ring (bicyclic) bond motifs is 1. The Morgan fingerprint density at radius 3 is 3.06 bits per heavy atom. The van der Waals surface area contributed by atoms with Gasteiger partial charge in [0.25, 0.3) is 0 Å². The Balaban J connectivity index is 2.04. The molecule has 0 spiro atoms. The highest BCUT2D eigenvalue weighted by molar-refractivity contribution is 9.10. The van der Waals surface area contributed by atoms with E-state index in [1.165, 1.54) is 6.42 Å². The predicted molar refractivity (Wildman–Crippen MR) is 73.2 cm³/mol. The summed E-state index contributed by atoms with van der Waals surface area (Å²) in [5.41, 5.74) is 0.873. The van der Waals surface area contributed by atoms with Crippen molar-refractivity contribution >= 4 is 27.4 Å². The molecule has 2 heterocycles. The highest BCUT2D eigenvalue weighted by atomic mass is 79.9. The van der Waals surface area contributed by atoms with Gasteiger partial charge in [-0.1, -0.05) is 13.8 Å². The van der Waals surface area contributed by atoms with Crippen LogP contribution in [-0.4, -0.2) is 20.9 Å². The van der Waals surface area contributed by atoms with Crippen molar-refractivity contribution < 1.29 is 0 Å². The van der Waals surface area contributed by atoms with E-state index in [0.717, 1.165) is 35.0 Å². The molecule has 0 atom stereocenters. The van der Waals surface area contributed by atoms with Crippen molar-refractivity contribution in [1.29, 1.82) is 0 Å². The Morgan fingerprint density at radius 2 is 2.29 bits per heavy atom. The van der Waals surface area contributed by atoms with Gasteiger partial charge in [-0.05, 0) is 34.7 Å². The molecule has 0 aliphatic rings. The summed E-state index contributed by atoms with van der Waals surface area (Å²) in [6, 6.07) is 0. The average molecular weight is 297 g/mol. The zero-order valence-electron chi connectivity index (χ0n) is 10.2. The van der Waals surface area contributed by atoms with E-state index < -0.39 is 0 Å². The number of halogens is 1. The number of nitrogens with one attached hydrogen (secondary N) is 1. The van der Waals surface area contributed by atoms with Crippen LogP contribution in [0, 0.1) is 5.92 Å². The second-order valence-electron chi connectivity index (χ2n) is 4.53. The lowest BCUT2D eigenvalue weighted by atomic mass is 10.1. The molecule has 0 radical (unpaired) electrons. The summed E-state index contributed by atoms with van der Waals surface area (Å²) < 4.78 is 2.77. The minimum absolute atomic E-state index is 0.749. The van der Waals surface area contributed by atoms with E-state index >= 15 is 0 Å². The molecule has 0 aliphatic carbocycles. The van der Waals surface area contributed by atoms with Crippen molar-refractivity contribution in [1.82, 2.24) is 14.4 Å². The first-order valence-electron chi connectivity index (χ1n) is 5.90. The van der Waals surface area contributed by atoms with Gasteiger partial charge in [0.1, 0.15) is 4.60 Å². The molecule has 92 valence electrons. The minimum atomic E-state index is 0.749. The SMILES string of the molecule is CC(C)CCCNc1nc(Br)cn2ccnc12. The van der Waals surface area contributed by atoms with Crippen molar-refractivity contribution in [2.75, 3.05) is 11.9 Å². The lowest BCUT2D eigenvalue weighted by Gasteiger charge is -2.08. The number of rotatable bonds is 5. The molecule has 2 rings (SSSR count). The lowest BCUT2D eigenvalue weighted by Crippen LogP contribution is -2.06. The fourth-order valence-electron chi connectivity index (χ4n) is 1.74. The molecule has 5 heteroatoms. The first kappa shape index (κ1) is 12.4. The Kier molecular flexibility index (Phi) is 3.99. The highest BCUT2D eigenvalue weighted by Crippen LogP contribution is 2.17. The summed E-state index contributed by atoms with van der Waals surface area (Å²) in [5.74, 6) is 1.59. The van der Waals surface area contributed by atoms with Gasteiger partial charge >= 0.3 is 0 Å². The number of nitrogens with zero attached hydrogens (tertiary/aromatic N) is 3. The molecule has 0 amide bonds. The van der Waals surface area contributed by atoms with Crippen molar-refractivity contribution in [3.05, 3.63) is 23.2 Å². The first-order chi connectivity index (χ1) is 8.16.